The largest absolute Gasteiger partial charge is 0.309 e. The maximum Gasteiger partial charge on any atom is 0.0601 e. The summed E-state index contributed by atoms with van der Waals surface area (Å²) in [7, 11) is 0. The highest BCUT2D eigenvalue weighted by atomic mass is 32.2. The van der Waals surface area contributed by atoms with Crippen molar-refractivity contribution in [1.29, 1.82) is 0 Å². The second-order valence-corrected chi connectivity index (χ2v) is 10.9. The molecule has 3 heteroatoms. The molecule has 7 aromatic rings. The van der Waals surface area contributed by atoms with E-state index in [4.69, 9.17) is 0 Å². The molecule has 1 aromatic heterocycles. The number of rotatable bonds is 3. The number of anilines is 3. The number of nitrogens with zero attached hydrogens (tertiary/aromatic N) is 2. The third kappa shape index (κ3) is 3.58. The van der Waals surface area contributed by atoms with Crippen LogP contribution in [0.1, 0.15) is 0 Å². The highest BCUT2D eigenvalue weighted by molar-refractivity contribution is 7.99. The summed E-state index contributed by atoms with van der Waals surface area (Å²) in [5.74, 6) is 0. The van der Waals surface area contributed by atoms with E-state index < -0.39 is 0 Å². The second kappa shape index (κ2) is 8.93. The lowest BCUT2D eigenvalue weighted by atomic mass is 10.0. The Hall–Kier alpha value is -4.73. The smallest absolute Gasteiger partial charge is 0.0601 e. The maximum absolute atomic E-state index is 2.38. The van der Waals surface area contributed by atoms with Crippen molar-refractivity contribution in [3.8, 4) is 16.8 Å². The van der Waals surface area contributed by atoms with Crippen LogP contribution in [0.25, 0.3) is 38.6 Å². The zero-order chi connectivity index (χ0) is 25.8. The van der Waals surface area contributed by atoms with Gasteiger partial charge in [-0.2, -0.15) is 0 Å². The Labute approximate surface area is 231 Å². The van der Waals surface area contributed by atoms with E-state index in [0.29, 0.717) is 0 Å². The molecule has 39 heavy (non-hydrogen) atoms. The first-order chi connectivity index (χ1) is 19.3. The lowest BCUT2D eigenvalue weighted by molar-refractivity contribution is 1.17. The third-order valence-electron chi connectivity index (χ3n) is 7.58. The summed E-state index contributed by atoms with van der Waals surface area (Å²) in [5.41, 5.74) is 9.65. The molecule has 0 saturated heterocycles. The molecule has 1 aliphatic heterocycles. The minimum absolute atomic E-state index is 1.16. The normalized spacial score (nSPS) is 12.5. The van der Waals surface area contributed by atoms with Gasteiger partial charge in [0.25, 0.3) is 0 Å². The van der Waals surface area contributed by atoms with Crippen molar-refractivity contribution in [3.63, 3.8) is 0 Å². The van der Waals surface area contributed by atoms with E-state index in [1.54, 1.807) is 0 Å². The van der Waals surface area contributed by atoms with Crippen molar-refractivity contribution in [3.05, 3.63) is 146 Å². The van der Waals surface area contributed by atoms with Gasteiger partial charge in [0.1, 0.15) is 0 Å². The molecular formula is C36H24N2S. The first kappa shape index (κ1) is 22.3. The van der Waals surface area contributed by atoms with Crippen LogP contribution in [0.4, 0.5) is 17.1 Å². The van der Waals surface area contributed by atoms with Crippen LogP contribution in [0.2, 0.25) is 0 Å². The van der Waals surface area contributed by atoms with Crippen LogP contribution in [0, 0.1) is 0 Å². The molecule has 0 spiro atoms. The van der Waals surface area contributed by atoms with Crippen LogP contribution in [0.15, 0.2) is 155 Å². The summed E-state index contributed by atoms with van der Waals surface area (Å²) < 4.78 is 2.38. The molecule has 0 atom stereocenters. The third-order valence-corrected chi connectivity index (χ3v) is 8.71. The molecule has 184 valence electrons. The van der Waals surface area contributed by atoms with E-state index >= 15 is 0 Å². The first-order valence-corrected chi connectivity index (χ1v) is 14.0. The molecule has 1 aliphatic rings. The standard InChI is InChI=1S/C36H24N2S/c1-3-14-31-29(12-1)30-13-2-4-15-32(30)38(31)28-11-9-10-26(24-28)25-20-22-27(23-21-25)37-33-16-5-7-18-35(33)39-36-19-8-6-17-34(36)37/h1-24H. The lowest BCUT2D eigenvalue weighted by Crippen LogP contribution is -2.14. The van der Waals surface area contributed by atoms with Crippen LogP contribution in [0.3, 0.4) is 0 Å². The predicted octanol–water partition coefficient (Wildman–Crippen LogP) is 10.4. The summed E-state index contributed by atoms with van der Waals surface area (Å²) in [6, 6.07) is 52.5. The van der Waals surface area contributed by atoms with Crippen LogP contribution in [0.5, 0.6) is 0 Å². The molecule has 0 saturated carbocycles. The molecule has 0 radical (unpaired) electrons. The Kier molecular flexibility index (Phi) is 5.10. The molecule has 6 aromatic carbocycles. The molecule has 0 aliphatic carbocycles. The number of hydrogen-bond acceptors (Lipinski definition) is 2. The molecule has 8 rings (SSSR count). The van der Waals surface area contributed by atoms with Gasteiger partial charge in [0.15, 0.2) is 0 Å². The fourth-order valence-corrected chi connectivity index (χ4v) is 6.87. The molecule has 0 bridgehead atoms. The topological polar surface area (TPSA) is 8.17 Å². The predicted molar refractivity (Wildman–Crippen MR) is 165 cm³/mol. The van der Waals surface area contributed by atoms with Gasteiger partial charge in [-0.3, -0.25) is 0 Å². The summed E-state index contributed by atoms with van der Waals surface area (Å²) >= 11 is 1.84. The highest BCUT2D eigenvalue weighted by Gasteiger charge is 2.24. The highest BCUT2D eigenvalue weighted by Crippen LogP contribution is 2.51. The lowest BCUT2D eigenvalue weighted by Gasteiger charge is -2.32. The van der Waals surface area contributed by atoms with Crippen molar-refractivity contribution in [2.24, 2.45) is 0 Å². The number of hydrogen-bond donors (Lipinski definition) is 0. The second-order valence-electron chi connectivity index (χ2n) is 9.84. The van der Waals surface area contributed by atoms with Gasteiger partial charge in [-0.25, -0.2) is 0 Å². The van der Waals surface area contributed by atoms with Crippen molar-refractivity contribution < 1.29 is 0 Å². The van der Waals surface area contributed by atoms with E-state index in [-0.39, 0.29) is 0 Å². The molecule has 0 amide bonds. The number of aromatic nitrogens is 1. The minimum atomic E-state index is 1.16. The molecule has 0 N–H and O–H groups in total. The fourth-order valence-electron chi connectivity index (χ4n) is 5.81. The van der Waals surface area contributed by atoms with Crippen LogP contribution in [-0.2, 0) is 0 Å². The molecule has 2 heterocycles. The summed E-state index contributed by atoms with van der Waals surface area (Å²) in [4.78, 5) is 4.93. The van der Waals surface area contributed by atoms with E-state index in [1.165, 1.54) is 59.8 Å². The van der Waals surface area contributed by atoms with Crippen LogP contribution in [-0.4, -0.2) is 4.57 Å². The van der Waals surface area contributed by atoms with Gasteiger partial charge in [0.2, 0.25) is 0 Å². The van der Waals surface area contributed by atoms with Gasteiger partial charge in [0, 0.05) is 31.9 Å². The zero-order valence-electron chi connectivity index (χ0n) is 21.2. The Morgan fingerprint density at radius 3 is 1.62 bits per heavy atom. The maximum atomic E-state index is 2.38. The summed E-state index contributed by atoms with van der Waals surface area (Å²) in [6.45, 7) is 0. The molecule has 0 unspecified atom stereocenters. The first-order valence-electron chi connectivity index (χ1n) is 13.2. The zero-order valence-corrected chi connectivity index (χ0v) is 22.0. The molecule has 0 fully saturated rings. The van der Waals surface area contributed by atoms with E-state index in [1.807, 2.05) is 11.8 Å². The monoisotopic (exact) mass is 516 g/mol. The minimum Gasteiger partial charge on any atom is -0.309 e. The molecule has 2 nitrogen and oxygen atoms in total. The van der Waals surface area contributed by atoms with Gasteiger partial charge in [-0.15, -0.1) is 0 Å². The van der Waals surface area contributed by atoms with Crippen molar-refractivity contribution >= 4 is 50.6 Å². The number of fused-ring (bicyclic) bond motifs is 5. The van der Waals surface area contributed by atoms with E-state index in [0.717, 1.165) is 5.69 Å². The van der Waals surface area contributed by atoms with Gasteiger partial charge < -0.3 is 9.47 Å². The van der Waals surface area contributed by atoms with Gasteiger partial charge >= 0.3 is 0 Å². The Morgan fingerprint density at radius 1 is 0.410 bits per heavy atom. The van der Waals surface area contributed by atoms with Gasteiger partial charge in [-0.05, 0) is 71.8 Å². The van der Waals surface area contributed by atoms with Gasteiger partial charge in [-0.1, -0.05) is 96.7 Å². The van der Waals surface area contributed by atoms with E-state index in [2.05, 4.69) is 155 Å². The fraction of sp³-hybridized carbons (Fsp3) is 0. The van der Waals surface area contributed by atoms with Crippen molar-refractivity contribution in [2.45, 2.75) is 9.79 Å². The number of para-hydroxylation sites is 4. The average molecular weight is 517 g/mol. The number of benzene rings is 6. The molecular weight excluding hydrogens is 492 g/mol. The average Bonchev–Trinajstić information content (AvgIpc) is 3.34. The Bertz CT molecular complexity index is 1900. The SMILES string of the molecule is c1cc(-c2ccc(N3c4ccccc4Sc4ccccc43)cc2)cc(-n2c3ccccc3c3ccccc32)c1. The summed E-state index contributed by atoms with van der Waals surface area (Å²) in [5, 5.41) is 2.56. The van der Waals surface area contributed by atoms with Gasteiger partial charge in [0.05, 0.1) is 22.4 Å². The van der Waals surface area contributed by atoms with Crippen molar-refractivity contribution in [1.82, 2.24) is 4.57 Å². The Morgan fingerprint density at radius 2 is 0.974 bits per heavy atom. The Balaban J connectivity index is 1.22. The summed E-state index contributed by atoms with van der Waals surface area (Å²) in [6.07, 6.45) is 0. The van der Waals surface area contributed by atoms with Crippen molar-refractivity contribution in [2.75, 3.05) is 4.90 Å². The van der Waals surface area contributed by atoms with Crippen LogP contribution >= 0.6 is 11.8 Å². The van der Waals surface area contributed by atoms with E-state index in [9.17, 15) is 0 Å². The van der Waals surface area contributed by atoms with Crippen LogP contribution < -0.4 is 4.90 Å². The quantitative estimate of drug-likeness (QED) is 0.231.